The maximum atomic E-state index is 5.38. The predicted octanol–water partition coefficient (Wildman–Crippen LogP) is 4.59. The van der Waals surface area contributed by atoms with Crippen LogP contribution in [0.1, 0.15) is 25.8 Å². The number of fused-ring (bicyclic) bond motifs is 1. The van der Waals surface area contributed by atoms with E-state index in [0.717, 1.165) is 17.2 Å². The molecule has 0 atom stereocenters. The van der Waals surface area contributed by atoms with E-state index >= 15 is 0 Å². The van der Waals surface area contributed by atoms with Crippen LogP contribution in [0.25, 0.3) is 10.8 Å². The second kappa shape index (κ2) is 4.89. The van der Waals surface area contributed by atoms with Gasteiger partial charge in [0, 0.05) is 12.2 Å². The molecule has 19 heavy (non-hydrogen) atoms. The molecule has 0 radical (unpaired) electrons. The van der Waals surface area contributed by atoms with Crippen molar-refractivity contribution in [2.45, 2.75) is 31.6 Å². The Kier molecular flexibility index (Phi) is 3.23. The monoisotopic (exact) mass is 271 g/mol. The van der Waals surface area contributed by atoms with Crippen LogP contribution in [0.2, 0.25) is 0 Å². The number of rotatable bonds is 2. The Balaban J connectivity index is 1.69. The van der Waals surface area contributed by atoms with Crippen LogP contribution in [0.4, 0.5) is 0 Å². The van der Waals surface area contributed by atoms with Gasteiger partial charge >= 0.3 is 0 Å². The average molecular weight is 271 g/mol. The van der Waals surface area contributed by atoms with Gasteiger partial charge in [-0.25, -0.2) is 0 Å². The number of benzene rings is 2. The highest BCUT2D eigenvalue weighted by Gasteiger charge is 2.28. The first-order valence-electron chi connectivity index (χ1n) is 6.48. The van der Waals surface area contributed by atoms with Crippen LogP contribution >= 0.6 is 11.8 Å². The van der Waals surface area contributed by atoms with Crippen LogP contribution in [-0.4, -0.2) is 10.6 Å². The summed E-state index contributed by atoms with van der Waals surface area (Å²) in [6.07, 6.45) is 0.908. The first-order chi connectivity index (χ1) is 9.12. The number of nitrogens with zero attached hydrogens (tertiary/aromatic N) is 1. The van der Waals surface area contributed by atoms with Gasteiger partial charge in [0.2, 0.25) is 0 Å². The van der Waals surface area contributed by atoms with Gasteiger partial charge in [-0.3, -0.25) is 0 Å². The lowest BCUT2D eigenvalue weighted by molar-refractivity contribution is 0.0123. The Morgan fingerprint density at radius 2 is 1.95 bits per heavy atom. The van der Waals surface area contributed by atoms with Crippen molar-refractivity contribution in [3.05, 3.63) is 48.0 Å². The molecule has 0 amide bonds. The van der Waals surface area contributed by atoms with E-state index in [0.29, 0.717) is 0 Å². The zero-order valence-corrected chi connectivity index (χ0v) is 12.0. The fraction of sp³-hybridized carbons (Fsp3) is 0.312. The molecule has 0 saturated heterocycles. The summed E-state index contributed by atoms with van der Waals surface area (Å²) in [7, 11) is 0. The van der Waals surface area contributed by atoms with Crippen molar-refractivity contribution >= 4 is 27.6 Å². The molecule has 2 nitrogen and oxygen atoms in total. The molecule has 0 saturated carbocycles. The Morgan fingerprint density at radius 1 is 1.16 bits per heavy atom. The van der Waals surface area contributed by atoms with Crippen molar-refractivity contribution in [3.8, 4) is 0 Å². The largest absolute Gasteiger partial charge is 0.389 e. The highest BCUT2D eigenvalue weighted by molar-refractivity contribution is 8.13. The Labute approximate surface area is 117 Å². The minimum absolute atomic E-state index is 0.133. The summed E-state index contributed by atoms with van der Waals surface area (Å²) in [5.41, 5.74) is 1.20. The fourth-order valence-corrected chi connectivity index (χ4v) is 3.23. The molecule has 3 rings (SSSR count). The summed E-state index contributed by atoms with van der Waals surface area (Å²) in [4.78, 5) is 5.38. The van der Waals surface area contributed by atoms with E-state index in [1.54, 1.807) is 11.8 Å². The molecule has 0 N–H and O–H groups in total. The number of hydrogen-bond acceptors (Lipinski definition) is 3. The summed E-state index contributed by atoms with van der Waals surface area (Å²) < 4.78 is 0. The zero-order valence-electron chi connectivity index (χ0n) is 11.2. The van der Waals surface area contributed by atoms with Crippen molar-refractivity contribution in [1.29, 1.82) is 0 Å². The summed E-state index contributed by atoms with van der Waals surface area (Å²) in [5.74, 6) is 0.948. The fourth-order valence-electron chi connectivity index (χ4n) is 2.18. The van der Waals surface area contributed by atoms with Gasteiger partial charge in [-0.1, -0.05) is 47.6 Å². The minimum Gasteiger partial charge on any atom is -0.389 e. The first kappa shape index (κ1) is 12.5. The van der Waals surface area contributed by atoms with Gasteiger partial charge in [0.25, 0.3) is 0 Å². The first-order valence-corrected chi connectivity index (χ1v) is 7.46. The lowest BCUT2D eigenvalue weighted by Crippen LogP contribution is -2.18. The lowest BCUT2D eigenvalue weighted by atomic mass is 10.1. The third-order valence-corrected chi connectivity index (χ3v) is 4.22. The molecule has 2 aromatic carbocycles. The molecule has 98 valence electrons. The molecule has 0 unspecified atom stereocenters. The van der Waals surface area contributed by atoms with E-state index in [-0.39, 0.29) is 5.60 Å². The van der Waals surface area contributed by atoms with E-state index in [1.165, 1.54) is 16.3 Å². The normalized spacial score (nSPS) is 17.3. The Morgan fingerprint density at radius 3 is 2.68 bits per heavy atom. The maximum Gasteiger partial charge on any atom is 0.138 e. The molecular formula is C16H17NOS. The van der Waals surface area contributed by atoms with E-state index in [9.17, 15) is 0 Å². The highest BCUT2D eigenvalue weighted by Crippen LogP contribution is 2.29. The number of thioether (sulfide) groups is 1. The number of oxime groups is 1. The quantitative estimate of drug-likeness (QED) is 0.797. The van der Waals surface area contributed by atoms with Crippen molar-refractivity contribution in [2.75, 3.05) is 0 Å². The van der Waals surface area contributed by atoms with Crippen molar-refractivity contribution < 1.29 is 4.84 Å². The zero-order chi connectivity index (χ0) is 13.3. The Hall–Kier alpha value is -1.48. The van der Waals surface area contributed by atoms with Crippen LogP contribution in [-0.2, 0) is 10.6 Å². The second-order valence-electron chi connectivity index (χ2n) is 5.48. The summed E-state index contributed by atoms with van der Waals surface area (Å²) >= 11 is 1.77. The van der Waals surface area contributed by atoms with Gasteiger partial charge in [0.1, 0.15) is 10.6 Å². The molecule has 0 aromatic heterocycles. The maximum absolute atomic E-state index is 5.38. The van der Waals surface area contributed by atoms with Gasteiger partial charge in [-0.05, 0) is 30.2 Å². The molecular weight excluding hydrogens is 254 g/mol. The third kappa shape index (κ3) is 2.92. The van der Waals surface area contributed by atoms with Crippen LogP contribution in [0, 0.1) is 0 Å². The number of hydrogen-bond donors (Lipinski definition) is 0. The van der Waals surface area contributed by atoms with E-state index in [4.69, 9.17) is 4.84 Å². The SMILES string of the molecule is CC1(C)CC(SCc2ccc3ccccc3c2)=NO1. The molecule has 0 spiro atoms. The second-order valence-corrected chi connectivity index (χ2v) is 6.53. The minimum atomic E-state index is -0.133. The smallest absolute Gasteiger partial charge is 0.138 e. The van der Waals surface area contributed by atoms with Gasteiger partial charge < -0.3 is 4.84 Å². The molecule has 0 bridgehead atoms. The van der Waals surface area contributed by atoms with Crippen molar-refractivity contribution in [1.82, 2.24) is 0 Å². The summed E-state index contributed by atoms with van der Waals surface area (Å²) in [5, 5.41) is 7.83. The molecule has 1 heterocycles. The summed E-state index contributed by atoms with van der Waals surface area (Å²) in [6, 6.07) is 15.1. The van der Waals surface area contributed by atoms with E-state index in [2.05, 4.69) is 61.5 Å². The lowest BCUT2D eigenvalue weighted by Gasteiger charge is -2.13. The molecule has 3 heteroatoms. The summed E-state index contributed by atoms with van der Waals surface area (Å²) in [6.45, 7) is 4.14. The van der Waals surface area contributed by atoms with Crippen LogP contribution in [0.15, 0.2) is 47.6 Å². The molecule has 0 aliphatic carbocycles. The topological polar surface area (TPSA) is 21.6 Å². The van der Waals surface area contributed by atoms with Crippen molar-refractivity contribution in [2.24, 2.45) is 5.16 Å². The van der Waals surface area contributed by atoms with Crippen molar-refractivity contribution in [3.63, 3.8) is 0 Å². The highest BCUT2D eigenvalue weighted by atomic mass is 32.2. The standard InChI is InChI=1S/C16H17NOS/c1-16(2)10-15(17-18-16)19-11-12-7-8-13-5-3-4-6-14(13)9-12/h3-9H,10-11H2,1-2H3. The molecule has 2 aromatic rings. The van der Waals surface area contributed by atoms with Gasteiger partial charge in [0.05, 0.1) is 0 Å². The van der Waals surface area contributed by atoms with E-state index in [1.807, 2.05) is 0 Å². The van der Waals surface area contributed by atoms with Gasteiger partial charge in [-0.2, -0.15) is 0 Å². The average Bonchev–Trinajstić information content (AvgIpc) is 2.76. The van der Waals surface area contributed by atoms with Gasteiger partial charge in [0.15, 0.2) is 0 Å². The predicted molar refractivity (Wildman–Crippen MR) is 82.5 cm³/mol. The Bertz CT molecular complexity index is 633. The van der Waals surface area contributed by atoms with Gasteiger partial charge in [-0.15, -0.1) is 11.8 Å². The molecule has 1 aliphatic rings. The van der Waals surface area contributed by atoms with Crippen LogP contribution in [0.3, 0.4) is 0 Å². The van der Waals surface area contributed by atoms with E-state index < -0.39 is 0 Å². The van der Waals surface area contributed by atoms with Crippen LogP contribution < -0.4 is 0 Å². The third-order valence-electron chi connectivity index (χ3n) is 3.19. The molecule has 1 aliphatic heterocycles. The van der Waals surface area contributed by atoms with Crippen LogP contribution in [0.5, 0.6) is 0 Å². The molecule has 0 fully saturated rings.